The monoisotopic (exact) mass is 351 g/mol. The quantitative estimate of drug-likeness (QED) is 0.845. The van der Waals surface area contributed by atoms with Crippen LogP contribution in [-0.4, -0.2) is 56.3 Å². The lowest BCUT2D eigenvalue weighted by molar-refractivity contribution is 0.0584. The van der Waals surface area contributed by atoms with E-state index in [9.17, 15) is 4.79 Å². The Kier molecular flexibility index (Phi) is 4.93. The minimum atomic E-state index is 0.0770. The summed E-state index contributed by atoms with van der Waals surface area (Å²) >= 11 is 0. The van der Waals surface area contributed by atoms with E-state index < -0.39 is 0 Å². The van der Waals surface area contributed by atoms with Gasteiger partial charge in [0.05, 0.1) is 5.56 Å². The van der Waals surface area contributed by atoms with Crippen molar-refractivity contribution in [2.75, 3.05) is 19.6 Å². The standard InChI is InChI=1S/C20H25N5O/c1-2-19-22-9-17(10-23-19)20(26)25-13-16-3-4-18(25)14-24(12-16)11-15-5-7-21-8-6-15/h5-10,16,18H,2-4,11-14H2,1H3/t16-,18+/m0/s1. The highest BCUT2D eigenvalue weighted by Gasteiger charge is 2.37. The number of amides is 1. The summed E-state index contributed by atoms with van der Waals surface area (Å²) in [6.45, 7) is 5.76. The number of pyridine rings is 1. The van der Waals surface area contributed by atoms with Crippen LogP contribution >= 0.6 is 0 Å². The Morgan fingerprint density at radius 2 is 1.88 bits per heavy atom. The molecule has 2 aromatic heterocycles. The number of carbonyl (C=O) groups excluding carboxylic acids is 1. The molecule has 3 fully saturated rings. The molecule has 0 unspecified atom stereocenters. The van der Waals surface area contributed by atoms with Crippen LogP contribution in [0.1, 0.15) is 41.5 Å². The van der Waals surface area contributed by atoms with Gasteiger partial charge >= 0.3 is 0 Å². The van der Waals surface area contributed by atoms with Crippen molar-refractivity contribution in [1.82, 2.24) is 24.8 Å². The maximum Gasteiger partial charge on any atom is 0.257 e. The molecule has 2 bridgehead atoms. The zero-order chi connectivity index (χ0) is 17.9. The average molecular weight is 351 g/mol. The number of aryl methyl sites for hydroxylation is 1. The van der Waals surface area contributed by atoms with Crippen LogP contribution < -0.4 is 0 Å². The Morgan fingerprint density at radius 3 is 2.62 bits per heavy atom. The van der Waals surface area contributed by atoms with Gasteiger partial charge in [0.1, 0.15) is 5.82 Å². The first-order valence-corrected chi connectivity index (χ1v) is 9.46. The second kappa shape index (κ2) is 7.50. The predicted molar refractivity (Wildman–Crippen MR) is 98.5 cm³/mol. The Morgan fingerprint density at radius 1 is 1.12 bits per heavy atom. The van der Waals surface area contributed by atoms with Crippen LogP contribution in [0.25, 0.3) is 0 Å². The number of hydrogen-bond donors (Lipinski definition) is 0. The molecule has 2 atom stereocenters. The van der Waals surface area contributed by atoms with E-state index >= 15 is 0 Å². The van der Waals surface area contributed by atoms with Gasteiger partial charge in [0.2, 0.25) is 0 Å². The van der Waals surface area contributed by atoms with Crippen molar-refractivity contribution in [3.8, 4) is 0 Å². The first-order valence-electron chi connectivity index (χ1n) is 9.46. The maximum atomic E-state index is 13.0. The SMILES string of the molecule is CCc1ncc(C(=O)N2C[C@H]3CC[C@@H]2CN(Cc2ccncc2)C3)cn1. The molecule has 6 nitrogen and oxygen atoms in total. The van der Waals surface area contributed by atoms with E-state index in [2.05, 4.69) is 36.9 Å². The van der Waals surface area contributed by atoms with Crippen LogP contribution in [0.4, 0.5) is 0 Å². The summed E-state index contributed by atoms with van der Waals surface area (Å²) in [6, 6.07) is 4.42. The van der Waals surface area contributed by atoms with Crippen molar-refractivity contribution >= 4 is 5.91 Å². The van der Waals surface area contributed by atoms with Gasteiger partial charge in [-0.25, -0.2) is 9.97 Å². The number of hydrogen-bond acceptors (Lipinski definition) is 5. The van der Waals surface area contributed by atoms with E-state index in [0.29, 0.717) is 11.5 Å². The third-order valence-corrected chi connectivity index (χ3v) is 5.47. The molecule has 136 valence electrons. The summed E-state index contributed by atoms with van der Waals surface area (Å²) in [7, 11) is 0. The van der Waals surface area contributed by atoms with Crippen LogP contribution in [0.2, 0.25) is 0 Å². The zero-order valence-corrected chi connectivity index (χ0v) is 15.2. The molecule has 0 aliphatic carbocycles. The van der Waals surface area contributed by atoms with Crippen LogP contribution in [-0.2, 0) is 13.0 Å². The Hall–Kier alpha value is -2.34. The lowest BCUT2D eigenvalue weighted by Crippen LogP contribution is -2.47. The van der Waals surface area contributed by atoms with Crippen LogP contribution in [0.3, 0.4) is 0 Å². The van der Waals surface area contributed by atoms with E-state index in [0.717, 1.165) is 44.8 Å². The zero-order valence-electron chi connectivity index (χ0n) is 15.2. The summed E-state index contributed by atoms with van der Waals surface area (Å²) in [5.41, 5.74) is 1.89. The predicted octanol–water partition coefficient (Wildman–Crippen LogP) is 2.17. The summed E-state index contributed by atoms with van der Waals surface area (Å²) < 4.78 is 0. The Bertz CT molecular complexity index is 749. The summed E-state index contributed by atoms with van der Waals surface area (Å²) in [4.78, 5) is 30.3. The number of rotatable bonds is 4. The number of nitrogens with zero attached hydrogens (tertiary/aromatic N) is 5. The Labute approximate surface area is 154 Å². The van der Waals surface area contributed by atoms with E-state index in [4.69, 9.17) is 0 Å². The third kappa shape index (κ3) is 3.60. The molecule has 3 saturated heterocycles. The van der Waals surface area contributed by atoms with Gasteiger partial charge in [0.15, 0.2) is 0 Å². The molecular formula is C20H25N5O. The van der Waals surface area contributed by atoms with Crippen LogP contribution in [0.5, 0.6) is 0 Å². The van der Waals surface area contributed by atoms with Crippen molar-refractivity contribution in [1.29, 1.82) is 0 Å². The largest absolute Gasteiger partial charge is 0.334 e. The highest BCUT2D eigenvalue weighted by Crippen LogP contribution is 2.29. The van der Waals surface area contributed by atoms with Crippen molar-refractivity contribution in [2.24, 2.45) is 5.92 Å². The smallest absolute Gasteiger partial charge is 0.257 e. The summed E-state index contributed by atoms with van der Waals surface area (Å²) in [5.74, 6) is 1.39. The van der Waals surface area contributed by atoms with Gasteiger partial charge in [0.25, 0.3) is 5.91 Å². The van der Waals surface area contributed by atoms with Crippen LogP contribution in [0, 0.1) is 5.92 Å². The molecule has 6 heteroatoms. The second-order valence-electron chi connectivity index (χ2n) is 7.35. The highest BCUT2D eigenvalue weighted by molar-refractivity contribution is 5.94. The number of aromatic nitrogens is 3. The fourth-order valence-electron chi connectivity index (χ4n) is 4.12. The van der Waals surface area contributed by atoms with E-state index in [1.54, 1.807) is 12.4 Å². The summed E-state index contributed by atoms with van der Waals surface area (Å²) in [5, 5.41) is 0. The first-order chi connectivity index (χ1) is 12.7. The summed E-state index contributed by atoms with van der Waals surface area (Å²) in [6.07, 6.45) is 10.1. The molecule has 26 heavy (non-hydrogen) atoms. The van der Waals surface area contributed by atoms with Gasteiger partial charge in [-0.05, 0) is 36.5 Å². The molecule has 2 aromatic rings. The molecule has 5 rings (SSSR count). The number of fused-ring (bicyclic) bond motifs is 4. The van der Waals surface area contributed by atoms with Crippen molar-refractivity contribution in [3.63, 3.8) is 0 Å². The fraction of sp³-hybridized carbons (Fsp3) is 0.500. The fourth-order valence-corrected chi connectivity index (χ4v) is 4.12. The van der Waals surface area contributed by atoms with E-state index in [-0.39, 0.29) is 11.9 Å². The van der Waals surface area contributed by atoms with Gasteiger partial charge < -0.3 is 4.90 Å². The molecule has 0 spiro atoms. The van der Waals surface area contributed by atoms with E-state index in [1.165, 1.54) is 12.0 Å². The van der Waals surface area contributed by atoms with Gasteiger partial charge in [0, 0.05) is 63.4 Å². The van der Waals surface area contributed by atoms with Gasteiger partial charge in [-0.1, -0.05) is 6.92 Å². The molecule has 0 aromatic carbocycles. The Balaban J connectivity index is 1.48. The molecule has 0 saturated carbocycles. The minimum Gasteiger partial charge on any atom is -0.334 e. The molecule has 5 heterocycles. The van der Waals surface area contributed by atoms with Gasteiger partial charge in [-0.2, -0.15) is 0 Å². The van der Waals surface area contributed by atoms with Crippen molar-refractivity contribution in [2.45, 2.75) is 38.8 Å². The molecule has 3 aliphatic heterocycles. The first kappa shape index (κ1) is 17.1. The normalized spacial score (nSPS) is 23.0. The topological polar surface area (TPSA) is 62.2 Å². The average Bonchev–Trinajstić information content (AvgIpc) is 2.99. The second-order valence-corrected chi connectivity index (χ2v) is 7.35. The van der Waals surface area contributed by atoms with Crippen LogP contribution in [0.15, 0.2) is 36.9 Å². The maximum absolute atomic E-state index is 13.0. The highest BCUT2D eigenvalue weighted by atomic mass is 16.2. The molecular weight excluding hydrogens is 326 g/mol. The van der Waals surface area contributed by atoms with Gasteiger partial charge in [-0.15, -0.1) is 0 Å². The number of carbonyl (C=O) groups is 1. The molecule has 0 radical (unpaired) electrons. The number of piperidine rings is 1. The van der Waals surface area contributed by atoms with Crippen molar-refractivity contribution in [3.05, 3.63) is 53.9 Å². The molecule has 0 N–H and O–H groups in total. The third-order valence-electron chi connectivity index (χ3n) is 5.47. The molecule has 3 aliphatic rings. The lowest BCUT2D eigenvalue weighted by atomic mass is 9.94. The molecule has 1 amide bonds. The van der Waals surface area contributed by atoms with E-state index in [1.807, 2.05) is 19.3 Å². The lowest BCUT2D eigenvalue weighted by Gasteiger charge is -2.36. The minimum absolute atomic E-state index is 0.0770. The van der Waals surface area contributed by atoms with Crippen molar-refractivity contribution < 1.29 is 4.79 Å². The van der Waals surface area contributed by atoms with Gasteiger partial charge in [-0.3, -0.25) is 14.7 Å².